The summed E-state index contributed by atoms with van der Waals surface area (Å²) in [6.07, 6.45) is 14.9. The van der Waals surface area contributed by atoms with Crippen molar-refractivity contribution < 1.29 is 44.8 Å². The fraction of sp³-hybridized carbons (Fsp3) is 0.119. The minimum Gasteiger partial charge on any atom is -0.366 e. The summed E-state index contributed by atoms with van der Waals surface area (Å²) in [5.74, 6) is 6.38. The van der Waals surface area contributed by atoms with E-state index in [9.17, 15) is 0 Å². The summed E-state index contributed by atoms with van der Waals surface area (Å²) in [6, 6.07) is 73.7. The Morgan fingerprint density at radius 3 is 0.937 bits per heavy atom. The van der Waals surface area contributed by atoms with E-state index in [1.807, 2.05) is 24.3 Å². The Morgan fingerprint density at radius 1 is 0.365 bits per heavy atom. The molecule has 0 atom stereocenters. The first-order valence-electron chi connectivity index (χ1n) is 21.0. The first kappa shape index (κ1) is 47.7. The van der Waals surface area contributed by atoms with Crippen LogP contribution >= 0.6 is 15.8 Å². The molecule has 0 nitrogen and oxygen atoms in total. The first-order chi connectivity index (χ1) is 29.7. The molecule has 0 unspecified atom stereocenters. The molecule has 0 saturated carbocycles. The largest absolute Gasteiger partial charge is 1.00 e. The van der Waals surface area contributed by atoms with Crippen LogP contribution in [0.1, 0.15) is 61.1 Å². The van der Waals surface area contributed by atoms with Crippen molar-refractivity contribution in [3.63, 3.8) is 0 Å². The van der Waals surface area contributed by atoms with Gasteiger partial charge >= 0.3 is 44.8 Å². The summed E-state index contributed by atoms with van der Waals surface area (Å²) in [4.78, 5) is 0. The molecule has 0 spiro atoms. The van der Waals surface area contributed by atoms with Crippen LogP contribution in [0.3, 0.4) is 0 Å². The molecule has 2 aliphatic carbocycles. The van der Waals surface area contributed by atoms with Gasteiger partial charge < -0.3 is 12.8 Å². The van der Waals surface area contributed by atoms with Crippen molar-refractivity contribution in [2.45, 2.75) is 38.5 Å². The third-order valence-electron chi connectivity index (χ3n) is 12.3. The van der Waals surface area contributed by atoms with Crippen LogP contribution in [0.5, 0.6) is 0 Å². The van der Waals surface area contributed by atoms with Gasteiger partial charge in [0.15, 0.2) is 5.90 Å². The van der Waals surface area contributed by atoms with Crippen LogP contribution in [-0.2, 0) is 55.6 Å². The molecule has 0 amide bonds. The van der Waals surface area contributed by atoms with E-state index in [-0.39, 0.29) is 55.6 Å². The topological polar surface area (TPSA) is 0 Å². The normalized spacial score (nSPS) is 12.8. The second-order valence-electron chi connectivity index (χ2n) is 16.6. The molecule has 0 bridgehead atoms. The van der Waals surface area contributed by atoms with Crippen molar-refractivity contribution in [1.29, 1.82) is 0 Å². The number of fused-ring (bicyclic) bond motifs is 6. The molecule has 2 aliphatic rings. The van der Waals surface area contributed by atoms with Gasteiger partial charge in [-0.25, -0.2) is 0 Å². The number of benzene rings is 8. The molecule has 4 heteroatoms. The van der Waals surface area contributed by atoms with Gasteiger partial charge in [0.1, 0.15) is 37.1 Å². The van der Waals surface area contributed by atoms with E-state index < -0.39 is 15.8 Å². The Balaban J connectivity index is 0.000000161. The van der Waals surface area contributed by atoms with Crippen molar-refractivity contribution in [1.82, 2.24) is 0 Å². The zero-order chi connectivity index (χ0) is 42.4. The fourth-order valence-electron chi connectivity index (χ4n) is 9.38. The van der Waals surface area contributed by atoms with Crippen molar-refractivity contribution in [2.75, 3.05) is 5.90 Å². The Labute approximate surface area is 409 Å². The Kier molecular flexibility index (Phi) is 16.1. The predicted octanol–water partition coefficient (Wildman–Crippen LogP) is 12.5. The Hall–Kier alpha value is -4.78. The minimum absolute atomic E-state index is 0. The van der Waals surface area contributed by atoms with Gasteiger partial charge in [0, 0.05) is 10.8 Å². The Morgan fingerprint density at radius 2 is 0.635 bits per heavy atom. The van der Waals surface area contributed by atoms with Gasteiger partial charge in [0.05, 0.1) is 0 Å². The molecular weight excluding hydrogens is 1080 g/mol. The number of hydrogen-bond acceptors (Lipinski definition) is 0. The summed E-state index contributed by atoms with van der Waals surface area (Å²) in [5, 5.41) is 6.01. The van der Waals surface area contributed by atoms with Crippen LogP contribution in [-0.4, -0.2) is 5.90 Å². The molecule has 8 aromatic carbocycles. The second-order valence-corrected chi connectivity index (χ2v) is 22.3. The van der Waals surface area contributed by atoms with E-state index in [4.69, 9.17) is 12.8 Å². The Bertz CT molecular complexity index is 2580. The van der Waals surface area contributed by atoms with E-state index in [0.29, 0.717) is 0 Å². The average molecular weight is 1130 g/mol. The van der Waals surface area contributed by atoms with Gasteiger partial charge in [0.25, 0.3) is 0 Å². The summed E-state index contributed by atoms with van der Waals surface area (Å²) in [6.45, 7) is 8.88. The summed E-state index contributed by atoms with van der Waals surface area (Å²) < 4.78 is 0. The third kappa shape index (κ3) is 9.83. The van der Waals surface area contributed by atoms with Crippen molar-refractivity contribution in [2.24, 2.45) is 0 Å². The molecule has 316 valence electrons. The maximum Gasteiger partial charge on any atom is 1.00 e. The quantitative estimate of drug-likeness (QED) is 0.0674. The monoisotopic (exact) mass is 1120 g/mol. The molecule has 0 fully saturated rings. The minimum atomic E-state index is -0.847. The van der Waals surface area contributed by atoms with Gasteiger partial charge in [-0.2, -0.15) is 0 Å². The maximum atomic E-state index is 7.45. The SMILES string of the molecule is [Ag+].[Au+].[C-]#Cc1cccc2c1C(C)(C)c1ccccc1-2.[C-]#Cc1cccc2c1C(C)(C)c1ccccc1-2.c1ccc([PH+](C[PH+](c2ccccc2)c2ccccc2)c2ccccc2)cc1. The van der Waals surface area contributed by atoms with Crippen molar-refractivity contribution in [3.8, 4) is 34.1 Å². The second kappa shape index (κ2) is 21.3. The van der Waals surface area contributed by atoms with E-state index in [0.717, 1.165) is 11.1 Å². The molecule has 0 radical (unpaired) electrons. The van der Waals surface area contributed by atoms with Crippen molar-refractivity contribution in [3.05, 3.63) is 252 Å². The smallest absolute Gasteiger partial charge is 0.366 e. The molecule has 63 heavy (non-hydrogen) atoms. The average Bonchev–Trinajstić information content (AvgIpc) is 3.71. The molecule has 0 aliphatic heterocycles. The summed E-state index contributed by atoms with van der Waals surface area (Å²) in [5.41, 5.74) is 12.0. The molecule has 8 aromatic rings. The molecule has 0 N–H and O–H groups in total. The van der Waals surface area contributed by atoms with Crippen LogP contribution in [0.4, 0.5) is 0 Å². The van der Waals surface area contributed by atoms with Gasteiger partial charge in [-0.05, 0) is 81.9 Å². The maximum absolute atomic E-state index is 7.45. The third-order valence-corrected chi connectivity index (χ3v) is 19.2. The van der Waals surface area contributed by atoms with Crippen LogP contribution in [0.15, 0.2) is 206 Å². The summed E-state index contributed by atoms with van der Waals surface area (Å²) in [7, 11) is -1.69. The number of rotatable bonds is 6. The predicted molar refractivity (Wildman–Crippen MR) is 266 cm³/mol. The molecule has 0 saturated heterocycles. The zero-order valence-electron chi connectivity index (χ0n) is 35.9. The molecule has 10 rings (SSSR count). The van der Waals surface area contributed by atoms with E-state index in [1.165, 1.54) is 71.6 Å². The fourth-order valence-corrected chi connectivity index (χ4v) is 17.1. The molecule has 0 aromatic heterocycles. The van der Waals surface area contributed by atoms with Crippen molar-refractivity contribution >= 4 is 37.1 Å². The van der Waals surface area contributed by atoms with Gasteiger partial charge in [-0.3, -0.25) is 11.8 Å². The van der Waals surface area contributed by atoms with Crippen LogP contribution in [0.25, 0.3) is 22.3 Å². The van der Waals surface area contributed by atoms with Crippen LogP contribution < -0.4 is 21.2 Å². The number of hydrogen-bond donors (Lipinski definition) is 0. The van der Waals surface area contributed by atoms with E-state index in [1.54, 1.807) is 0 Å². The van der Waals surface area contributed by atoms with Crippen LogP contribution in [0.2, 0.25) is 0 Å². The van der Waals surface area contributed by atoms with E-state index >= 15 is 0 Å². The van der Waals surface area contributed by atoms with Gasteiger partial charge in [0.2, 0.25) is 0 Å². The first-order valence-corrected chi connectivity index (χ1v) is 24.4. The summed E-state index contributed by atoms with van der Waals surface area (Å²) >= 11 is 0. The standard InChI is InChI=1S/C25H22P2.2C17H13.Ag.Au/c1-5-13-22(14-6-1)26(23-15-7-2-8-16-23)21-27(24-17-9-3-10-18-24)25-19-11-4-12-20-25;2*1-4-12-8-7-10-14-13-9-5-6-11-15(13)17(2,3)16(12)14;;/h1-20H,21H2;2*5-11H,2-3H3;;/q;2*-1;2*+1/p+2. The van der Waals surface area contributed by atoms with Crippen LogP contribution in [0, 0.1) is 24.7 Å². The molecule has 0 heterocycles. The zero-order valence-corrected chi connectivity index (χ0v) is 41.6. The van der Waals surface area contributed by atoms with Gasteiger partial charge in [-0.1, -0.05) is 184 Å². The van der Waals surface area contributed by atoms with E-state index in [2.05, 4.69) is 222 Å². The molecular formula is C59H50AgAuP2+2. The van der Waals surface area contributed by atoms with Gasteiger partial charge in [-0.15, -0.1) is 23.3 Å².